The van der Waals surface area contributed by atoms with Crippen molar-refractivity contribution in [2.45, 2.75) is 25.4 Å². The van der Waals surface area contributed by atoms with Crippen molar-refractivity contribution in [2.24, 2.45) is 0 Å². The van der Waals surface area contributed by atoms with Gasteiger partial charge in [-0.15, -0.1) is 0 Å². The largest absolute Gasteiger partial charge is 0.483 e. The third kappa shape index (κ3) is 2.28. The summed E-state index contributed by atoms with van der Waals surface area (Å²) in [5.74, 6) is 0.304. The number of methoxy groups -OCH3 is 1. The number of benzene rings is 1. The molecule has 1 heterocycles. The molecule has 0 bridgehead atoms. The predicted octanol–water partition coefficient (Wildman–Crippen LogP) is 1.36. The Morgan fingerprint density at radius 1 is 1.42 bits per heavy atom. The Hall–Kier alpha value is -2.04. The van der Waals surface area contributed by atoms with Gasteiger partial charge in [0.25, 0.3) is 5.91 Å². The van der Waals surface area contributed by atoms with Crippen LogP contribution in [0, 0.1) is 0 Å². The molecule has 0 saturated heterocycles. The van der Waals surface area contributed by atoms with Crippen LogP contribution in [0.1, 0.15) is 28.8 Å². The number of nitrogens with zero attached hydrogens (tertiary/aromatic N) is 1. The third-order valence-electron chi connectivity index (χ3n) is 3.48. The molecule has 5 nitrogen and oxygen atoms in total. The summed E-state index contributed by atoms with van der Waals surface area (Å²) in [5.41, 5.74) is 1.34. The van der Waals surface area contributed by atoms with E-state index in [2.05, 4.69) is 0 Å². The van der Waals surface area contributed by atoms with Crippen LogP contribution in [-0.4, -0.2) is 36.5 Å². The molecule has 0 spiro atoms. The van der Waals surface area contributed by atoms with Crippen molar-refractivity contribution in [2.75, 3.05) is 13.7 Å². The van der Waals surface area contributed by atoms with E-state index in [1.165, 1.54) is 7.11 Å². The van der Waals surface area contributed by atoms with Gasteiger partial charge in [0.15, 0.2) is 6.61 Å². The molecule has 1 aliphatic carbocycles. The number of carbonyl (C=O) groups is 2. The van der Waals surface area contributed by atoms with Gasteiger partial charge in [-0.25, -0.2) is 4.79 Å². The summed E-state index contributed by atoms with van der Waals surface area (Å²) in [4.78, 5) is 25.3. The van der Waals surface area contributed by atoms with Crippen molar-refractivity contribution >= 4 is 11.9 Å². The molecule has 0 N–H and O–H groups in total. The van der Waals surface area contributed by atoms with Gasteiger partial charge in [0.05, 0.1) is 12.7 Å². The van der Waals surface area contributed by atoms with Crippen molar-refractivity contribution in [3.8, 4) is 5.75 Å². The average Bonchev–Trinajstić information content (AvgIpc) is 3.25. The smallest absolute Gasteiger partial charge is 0.337 e. The summed E-state index contributed by atoms with van der Waals surface area (Å²) in [6, 6.07) is 5.46. The zero-order valence-corrected chi connectivity index (χ0v) is 10.7. The predicted molar refractivity (Wildman–Crippen MR) is 66.8 cm³/mol. The second-order valence-corrected chi connectivity index (χ2v) is 4.86. The van der Waals surface area contributed by atoms with Crippen molar-refractivity contribution < 1.29 is 19.1 Å². The van der Waals surface area contributed by atoms with Gasteiger partial charge < -0.3 is 14.4 Å². The highest BCUT2D eigenvalue weighted by molar-refractivity contribution is 5.90. The Bertz CT molecular complexity index is 536. The Morgan fingerprint density at radius 2 is 2.21 bits per heavy atom. The van der Waals surface area contributed by atoms with Crippen LogP contribution in [0.25, 0.3) is 0 Å². The molecule has 0 aromatic heterocycles. The number of esters is 1. The average molecular weight is 261 g/mol. The summed E-state index contributed by atoms with van der Waals surface area (Å²) in [5, 5.41) is 0. The molecule has 1 saturated carbocycles. The fourth-order valence-electron chi connectivity index (χ4n) is 2.30. The summed E-state index contributed by atoms with van der Waals surface area (Å²) in [6.07, 6.45) is 2.11. The first-order valence-corrected chi connectivity index (χ1v) is 6.32. The van der Waals surface area contributed by atoms with Gasteiger partial charge in [-0.2, -0.15) is 0 Å². The minimum absolute atomic E-state index is 0.0123. The second-order valence-electron chi connectivity index (χ2n) is 4.86. The number of hydrogen-bond donors (Lipinski definition) is 0. The van der Waals surface area contributed by atoms with Gasteiger partial charge in [0.1, 0.15) is 5.75 Å². The highest BCUT2D eigenvalue weighted by Crippen LogP contribution is 2.32. The normalized spacial score (nSPS) is 18.4. The van der Waals surface area contributed by atoms with Crippen LogP contribution >= 0.6 is 0 Å². The maximum absolute atomic E-state index is 11.9. The fourth-order valence-corrected chi connectivity index (χ4v) is 2.30. The summed E-state index contributed by atoms with van der Waals surface area (Å²) < 4.78 is 10.2. The first-order chi connectivity index (χ1) is 9.19. The van der Waals surface area contributed by atoms with Crippen molar-refractivity contribution in [1.29, 1.82) is 0 Å². The van der Waals surface area contributed by atoms with E-state index >= 15 is 0 Å². The third-order valence-corrected chi connectivity index (χ3v) is 3.48. The summed E-state index contributed by atoms with van der Waals surface area (Å²) in [7, 11) is 1.35. The number of rotatable bonds is 2. The van der Waals surface area contributed by atoms with Gasteiger partial charge in [0.2, 0.25) is 0 Å². The highest BCUT2D eigenvalue weighted by Gasteiger charge is 2.34. The number of carbonyl (C=O) groups excluding carboxylic acids is 2. The Balaban J connectivity index is 1.92. The molecule has 0 atom stereocenters. The molecule has 5 heteroatoms. The molecule has 1 amide bonds. The molecular weight excluding hydrogens is 246 g/mol. The molecule has 100 valence electrons. The summed E-state index contributed by atoms with van der Waals surface area (Å²) >= 11 is 0. The lowest BCUT2D eigenvalue weighted by atomic mass is 10.1. The monoisotopic (exact) mass is 261 g/mol. The number of ether oxygens (including phenoxy) is 2. The number of fused-ring (bicyclic) bond motifs is 1. The lowest BCUT2D eigenvalue weighted by Gasteiger charge is -2.19. The minimum Gasteiger partial charge on any atom is -0.483 e. The number of hydrogen-bond acceptors (Lipinski definition) is 4. The van der Waals surface area contributed by atoms with Crippen LogP contribution in [0.3, 0.4) is 0 Å². The standard InChI is InChI=1S/C14H15NO4/c1-18-14(17)9-2-5-12-10(6-9)7-15(11-3-4-11)13(16)8-19-12/h2,5-6,11H,3-4,7-8H2,1H3. The first kappa shape index (κ1) is 12.0. The van der Waals surface area contributed by atoms with E-state index in [4.69, 9.17) is 9.47 Å². The molecule has 0 radical (unpaired) electrons. The van der Waals surface area contributed by atoms with E-state index in [0.717, 1.165) is 18.4 Å². The number of amides is 1. The summed E-state index contributed by atoms with van der Waals surface area (Å²) in [6.45, 7) is 0.574. The molecule has 19 heavy (non-hydrogen) atoms. The maximum Gasteiger partial charge on any atom is 0.337 e. The van der Waals surface area contributed by atoms with Crippen LogP contribution in [0.15, 0.2) is 18.2 Å². The van der Waals surface area contributed by atoms with Crippen LogP contribution in [-0.2, 0) is 16.1 Å². The quantitative estimate of drug-likeness (QED) is 0.754. The topological polar surface area (TPSA) is 55.8 Å². The van der Waals surface area contributed by atoms with Gasteiger partial charge >= 0.3 is 5.97 Å². The van der Waals surface area contributed by atoms with Crippen molar-refractivity contribution in [3.05, 3.63) is 29.3 Å². The zero-order chi connectivity index (χ0) is 13.4. The molecule has 1 fully saturated rings. The zero-order valence-electron chi connectivity index (χ0n) is 10.7. The fraction of sp³-hybridized carbons (Fsp3) is 0.429. The molecular formula is C14H15NO4. The first-order valence-electron chi connectivity index (χ1n) is 6.32. The van der Waals surface area contributed by atoms with Gasteiger partial charge in [-0.1, -0.05) is 0 Å². The van der Waals surface area contributed by atoms with E-state index < -0.39 is 0 Å². The van der Waals surface area contributed by atoms with Crippen LogP contribution in [0.5, 0.6) is 5.75 Å². The van der Waals surface area contributed by atoms with Crippen molar-refractivity contribution in [1.82, 2.24) is 4.90 Å². The van der Waals surface area contributed by atoms with Crippen LogP contribution in [0.2, 0.25) is 0 Å². The second kappa shape index (κ2) is 4.57. The van der Waals surface area contributed by atoms with E-state index in [-0.39, 0.29) is 18.5 Å². The van der Waals surface area contributed by atoms with E-state index in [9.17, 15) is 9.59 Å². The maximum atomic E-state index is 11.9. The van der Waals surface area contributed by atoms with Crippen molar-refractivity contribution in [3.63, 3.8) is 0 Å². The highest BCUT2D eigenvalue weighted by atomic mass is 16.5. The lowest BCUT2D eigenvalue weighted by molar-refractivity contribution is -0.133. The molecule has 1 aromatic carbocycles. The van der Waals surface area contributed by atoms with E-state index in [0.29, 0.717) is 23.9 Å². The molecule has 2 aliphatic rings. The molecule has 1 aromatic rings. The van der Waals surface area contributed by atoms with Gasteiger partial charge in [-0.05, 0) is 31.0 Å². The van der Waals surface area contributed by atoms with Crippen LogP contribution < -0.4 is 4.74 Å². The Kier molecular flexibility index (Phi) is 2.89. The van der Waals surface area contributed by atoms with E-state index in [1.807, 2.05) is 4.90 Å². The SMILES string of the molecule is COC(=O)c1ccc2c(c1)CN(C1CC1)C(=O)CO2. The minimum atomic E-state index is -0.378. The Labute approximate surface area is 111 Å². The molecule has 3 rings (SSSR count). The van der Waals surface area contributed by atoms with Gasteiger partial charge in [-0.3, -0.25) is 4.79 Å². The van der Waals surface area contributed by atoms with Crippen LogP contribution in [0.4, 0.5) is 0 Å². The van der Waals surface area contributed by atoms with E-state index in [1.54, 1.807) is 18.2 Å². The van der Waals surface area contributed by atoms with Gasteiger partial charge in [0, 0.05) is 18.2 Å². The Morgan fingerprint density at radius 3 is 2.89 bits per heavy atom. The molecule has 0 unspecified atom stereocenters. The lowest BCUT2D eigenvalue weighted by Crippen LogP contribution is -2.34. The molecule has 1 aliphatic heterocycles.